The summed E-state index contributed by atoms with van der Waals surface area (Å²) in [5.74, 6) is 2.22. The van der Waals surface area contributed by atoms with E-state index in [-0.39, 0.29) is 0 Å². The average Bonchev–Trinajstić information content (AvgIpc) is 1.97. The van der Waals surface area contributed by atoms with Gasteiger partial charge >= 0.3 is 0 Å². The van der Waals surface area contributed by atoms with Crippen molar-refractivity contribution >= 4 is 0 Å². The maximum Gasteiger partial charge on any atom is 0.0578 e. The first kappa shape index (κ1) is 9.05. The predicted octanol–water partition coefficient (Wildman–Crippen LogP) is 2.70. The predicted molar refractivity (Wildman–Crippen MR) is 47.5 cm³/mol. The van der Waals surface area contributed by atoms with Crippen molar-refractivity contribution in [2.45, 2.75) is 46.8 Å². The minimum Gasteiger partial charge on any atom is -0.375 e. The van der Waals surface area contributed by atoms with Gasteiger partial charge in [-0.3, -0.25) is 0 Å². The third-order valence-corrected chi connectivity index (χ3v) is 3.57. The van der Waals surface area contributed by atoms with E-state index in [9.17, 15) is 0 Å². The van der Waals surface area contributed by atoms with Crippen LogP contribution in [0, 0.1) is 17.8 Å². The fourth-order valence-electron chi connectivity index (χ4n) is 1.92. The largest absolute Gasteiger partial charge is 0.375 e. The molecule has 0 N–H and O–H groups in total. The van der Waals surface area contributed by atoms with Crippen molar-refractivity contribution in [3.8, 4) is 0 Å². The van der Waals surface area contributed by atoms with Gasteiger partial charge < -0.3 is 4.74 Å². The van der Waals surface area contributed by atoms with Crippen molar-refractivity contribution in [2.24, 2.45) is 17.8 Å². The van der Waals surface area contributed by atoms with Crippen LogP contribution in [0.4, 0.5) is 0 Å². The van der Waals surface area contributed by atoms with Crippen LogP contribution in [-0.4, -0.2) is 12.2 Å². The average molecular weight is 156 g/mol. The highest BCUT2D eigenvalue weighted by Gasteiger charge is 2.34. The van der Waals surface area contributed by atoms with E-state index in [1.807, 2.05) is 0 Å². The van der Waals surface area contributed by atoms with E-state index in [4.69, 9.17) is 4.74 Å². The van der Waals surface area contributed by atoms with E-state index in [0.717, 1.165) is 5.92 Å². The van der Waals surface area contributed by atoms with Gasteiger partial charge in [-0.05, 0) is 31.6 Å². The smallest absolute Gasteiger partial charge is 0.0578 e. The molecule has 0 aromatic carbocycles. The monoisotopic (exact) mass is 156 g/mol. The Morgan fingerprint density at radius 3 is 1.36 bits per heavy atom. The first-order valence-corrected chi connectivity index (χ1v) is 4.69. The van der Waals surface area contributed by atoms with E-state index in [1.54, 1.807) is 0 Å². The second-order valence-electron chi connectivity index (χ2n) is 4.12. The molecule has 1 rings (SSSR count). The Bertz CT molecular complexity index is 119. The Morgan fingerprint density at radius 2 is 1.00 bits per heavy atom. The maximum atomic E-state index is 5.78. The SMILES string of the molecule is CC1O[C@@H](C)C(C)C(C)[C@H]1C. The van der Waals surface area contributed by atoms with Crippen LogP contribution in [-0.2, 0) is 4.74 Å². The normalized spacial score (nSPS) is 52.6. The number of rotatable bonds is 0. The lowest BCUT2D eigenvalue weighted by atomic mass is 9.77. The Labute approximate surface area is 70.1 Å². The van der Waals surface area contributed by atoms with Gasteiger partial charge in [0.05, 0.1) is 12.2 Å². The highest BCUT2D eigenvalue weighted by atomic mass is 16.5. The molecule has 0 spiro atoms. The van der Waals surface area contributed by atoms with Crippen LogP contribution in [0.25, 0.3) is 0 Å². The van der Waals surface area contributed by atoms with Crippen LogP contribution >= 0.6 is 0 Å². The van der Waals surface area contributed by atoms with E-state index >= 15 is 0 Å². The summed E-state index contributed by atoms with van der Waals surface area (Å²) < 4.78 is 5.78. The summed E-state index contributed by atoms with van der Waals surface area (Å²) in [6.45, 7) is 11.3. The van der Waals surface area contributed by atoms with Crippen molar-refractivity contribution < 1.29 is 4.74 Å². The lowest BCUT2D eigenvalue weighted by Gasteiger charge is -2.41. The lowest BCUT2D eigenvalue weighted by Crippen LogP contribution is -2.41. The van der Waals surface area contributed by atoms with Gasteiger partial charge in [0.25, 0.3) is 0 Å². The summed E-state index contributed by atoms with van der Waals surface area (Å²) in [6, 6.07) is 0. The van der Waals surface area contributed by atoms with Gasteiger partial charge in [0, 0.05) is 0 Å². The minimum atomic E-state index is 0.441. The number of hydrogen-bond acceptors (Lipinski definition) is 1. The summed E-state index contributed by atoms with van der Waals surface area (Å²) >= 11 is 0. The number of ether oxygens (including phenoxy) is 1. The molecular formula is C10H20O. The second-order valence-corrected chi connectivity index (χ2v) is 4.12. The molecule has 1 heterocycles. The maximum absolute atomic E-state index is 5.78. The van der Waals surface area contributed by atoms with Crippen LogP contribution in [0.1, 0.15) is 34.6 Å². The van der Waals surface area contributed by atoms with Gasteiger partial charge in [0.1, 0.15) is 0 Å². The fraction of sp³-hybridized carbons (Fsp3) is 1.00. The molecule has 0 amide bonds. The van der Waals surface area contributed by atoms with Gasteiger partial charge in [-0.2, -0.15) is 0 Å². The van der Waals surface area contributed by atoms with Gasteiger partial charge in [-0.25, -0.2) is 0 Å². The molecule has 1 saturated heterocycles. The molecule has 0 aromatic heterocycles. The second kappa shape index (κ2) is 3.14. The summed E-state index contributed by atoms with van der Waals surface area (Å²) in [6.07, 6.45) is 0.882. The molecule has 0 aliphatic carbocycles. The van der Waals surface area contributed by atoms with Gasteiger partial charge in [-0.1, -0.05) is 20.8 Å². The molecular weight excluding hydrogens is 136 g/mol. The molecule has 1 heteroatoms. The molecule has 0 saturated carbocycles. The molecule has 0 bridgehead atoms. The first-order valence-electron chi connectivity index (χ1n) is 4.69. The Morgan fingerprint density at radius 1 is 0.636 bits per heavy atom. The van der Waals surface area contributed by atoms with Crippen molar-refractivity contribution in [1.82, 2.24) is 0 Å². The molecule has 0 radical (unpaired) electrons. The zero-order valence-electron chi connectivity index (χ0n) is 8.29. The van der Waals surface area contributed by atoms with E-state index in [0.29, 0.717) is 24.0 Å². The van der Waals surface area contributed by atoms with Gasteiger partial charge in [0.2, 0.25) is 0 Å². The molecule has 1 aliphatic rings. The quantitative estimate of drug-likeness (QED) is 0.524. The zero-order valence-corrected chi connectivity index (χ0v) is 8.29. The highest BCUT2D eigenvalue weighted by molar-refractivity contribution is 4.81. The van der Waals surface area contributed by atoms with E-state index < -0.39 is 0 Å². The first-order chi connectivity index (χ1) is 5.04. The van der Waals surface area contributed by atoms with Crippen LogP contribution in [0.3, 0.4) is 0 Å². The Balaban J connectivity index is 2.63. The molecule has 1 fully saturated rings. The molecule has 3 unspecified atom stereocenters. The third kappa shape index (κ3) is 1.58. The van der Waals surface area contributed by atoms with Crippen LogP contribution in [0.5, 0.6) is 0 Å². The molecule has 5 atom stereocenters. The molecule has 1 aliphatic heterocycles. The summed E-state index contributed by atoms with van der Waals surface area (Å²) in [5.41, 5.74) is 0. The van der Waals surface area contributed by atoms with Gasteiger partial charge in [-0.15, -0.1) is 0 Å². The fourth-order valence-corrected chi connectivity index (χ4v) is 1.92. The Hall–Kier alpha value is -0.0400. The van der Waals surface area contributed by atoms with Crippen molar-refractivity contribution in [3.05, 3.63) is 0 Å². The summed E-state index contributed by atoms with van der Waals surface area (Å²) in [4.78, 5) is 0. The Kier molecular flexibility index (Phi) is 2.58. The van der Waals surface area contributed by atoms with E-state index in [1.165, 1.54) is 0 Å². The summed E-state index contributed by atoms with van der Waals surface area (Å²) in [7, 11) is 0. The molecule has 1 nitrogen and oxygen atoms in total. The van der Waals surface area contributed by atoms with Crippen LogP contribution in [0.15, 0.2) is 0 Å². The number of hydrogen-bond donors (Lipinski definition) is 0. The third-order valence-electron chi connectivity index (χ3n) is 3.57. The molecule has 0 aromatic rings. The van der Waals surface area contributed by atoms with Crippen molar-refractivity contribution in [1.29, 1.82) is 0 Å². The van der Waals surface area contributed by atoms with Crippen molar-refractivity contribution in [3.63, 3.8) is 0 Å². The lowest BCUT2D eigenvalue weighted by molar-refractivity contribution is -0.116. The zero-order chi connectivity index (χ0) is 8.59. The van der Waals surface area contributed by atoms with Crippen LogP contribution in [0.2, 0.25) is 0 Å². The highest BCUT2D eigenvalue weighted by Crippen LogP contribution is 2.34. The standard InChI is InChI=1S/C10H20O/c1-6-7(2)9(4)11-10(5)8(6)3/h6-10H,1-5H3/t6?,7-,8?,9?,10+/m1/s1. The van der Waals surface area contributed by atoms with Gasteiger partial charge in [0.15, 0.2) is 0 Å². The molecule has 11 heavy (non-hydrogen) atoms. The van der Waals surface area contributed by atoms with E-state index in [2.05, 4.69) is 34.6 Å². The van der Waals surface area contributed by atoms with Crippen molar-refractivity contribution in [2.75, 3.05) is 0 Å². The minimum absolute atomic E-state index is 0.441. The topological polar surface area (TPSA) is 9.23 Å². The van der Waals surface area contributed by atoms with Crippen LogP contribution < -0.4 is 0 Å². The summed E-state index contributed by atoms with van der Waals surface area (Å²) in [5, 5.41) is 0. The molecule has 66 valence electrons.